The van der Waals surface area contributed by atoms with Crippen LogP contribution in [0.1, 0.15) is 22.3 Å². The van der Waals surface area contributed by atoms with Gasteiger partial charge in [-0.2, -0.15) is 0 Å². The molecule has 1 aliphatic heterocycles. The van der Waals surface area contributed by atoms with E-state index in [1.807, 2.05) is 0 Å². The number of anilines is 2. The molecule has 156 valence electrons. The van der Waals surface area contributed by atoms with Crippen LogP contribution in [-0.4, -0.2) is 25.9 Å². The van der Waals surface area contributed by atoms with E-state index in [4.69, 9.17) is 0 Å². The van der Waals surface area contributed by atoms with E-state index < -0.39 is 38.9 Å². The largest absolute Gasteiger partial charge is 0.308 e. The Kier molecular flexibility index (Phi) is 5.24. The molecule has 0 unspecified atom stereocenters. The van der Waals surface area contributed by atoms with Crippen molar-refractivity contribution in [1.29, 1.82) is 0 Å². The SMILES string of the molecule is O=C(c1c(F)cc(F)cc1F)N1CCCc2ccc(S(=O)(=O)Nc3nccs3)cc21. The number of sulfonamides is 1. The number of aryl methyl sites for hydroxylation is 1. The van der Waals surface area contributed by atoms with Gasteiger partial charge in [0, 0.05) is 35.9 Å². The van der Waals surface area contributed by atoms with Gasteiger partial charge in [0.1, 0.15) is 23.0 Å². The number of nitrogens with one attached hydrogen (secondary N) is 1. The second kappa shape index (κ2) is 7.73. The van der Waals surface area contributed by atoms with Gasteiger partial charge < -0.3 is 4.90 Å². The monoisotopic (exact) mass is 453 g/mol. The molecule has 0 saturated heterocycles. The molecule has 0 radical (unpaired) electrons. The minimum Gasteiger partial charge on any atom is -0.308 e. The van der Waals surface area contributed by atoms with E-state index in [0.717, 1.165) is 16.2 Å². The van der Waals surface area contributed by atoms with Gasteiger partial charge in [-0.3, -0.25) is 9.52 Å². The van der Waals surface area contributed by atoms with Gasteiger partial charge in [-0.05, 0) is 30.5 Å². The zero-order valence-corrected chi connectivity index (χ0v) is 16.9. The molecule has 30 heavy (non-hydrogen) atoms. The normalized spacial score (nSPS) is 13.8. The highest BCUT2D eigenvalue weighted by atomic mass is 32.2. The van der Waals surface area contributed by atoms with Gasteiger partial charge >= 0.3 is 0 Å². The Morgan fingerprint density at radius 1 is 1.13 bits per heavy atom. The topological polar surface area (TPSA) is 79.4 Å². The Labute approximate surface area is 174 Å². The van der Waals surface area contributed by atoms with Gasteiger partial charge in [-0.15, -0.1) is 11.3 Å². The molecule has 1 amide bonds. The summed E-state index contributed by atoms with van der Waals surface area (Å²) in [6, 6.07) is 5.09. The second-order valence-corrected chi connectivity index (χ2v) is 9.12. The highest BCUT2D eigenvalue weighted by molar-refractivity contribution is 7.93. The first-order valence-electron chi connectivity index (χ1n) is 8.78. The number of nitrogens with zero attached hydrogens (tertiary/aromatic N) is 2. The zero-order chi connectivity index (χ0) is 21.5. The molecule has 0 fully saturated rings. The minimum absolute atomic E-state index is 0.129. The number of hydrogen-bond acceptors (Lipinski definition) is 5. The first-order chi connectivity index (χ1) is 14.3. The van der Waals surface area contributed by atoms with Crippen molar-refractivity contribution in [3.63, 3.8) is 0 Å². The van der Waals surface area contributed by atoms with E-state index in [0.29, 0.717) is 30.5 Å². The lowest BCUT2D eigenvalue weighted by Gasteiger charge is -2.30. The number of carbonyl (C=O) groups excluding carboxylic acids is 1. The lowest BCUT2D eigenvalue weighted by Crippen LogP contribution is -2.36. The van der Waals surface area contributed by atoms with Crippen LogP contribution in [0.25, 0.3) is 0 Å². The van der Waals surface area contributed by atoms with Crippen molar-refractivity contribution in [3.05, 3.63) is 70.5 Å². The maximum atomic E-state index is 14.1. The van der Waals surface area contributed by atoms with Gasteiger partial charge in [-0.25, -0.2) is 26.6 Å². The lowest BCUT2D eigenvalue weighted by atomic mass is 10.0. The summed E-state index contributed by atoms with van der Waals surface area (Å²) >= 11 is 1.10. The molecule has 2 heterocycles. The molecule has 1 N–H and O–H groups in total. The fourth-order valence-corrected chi connectivity index (χ4v) is 5.07. The molecule has 11 heteroatoms. The Bertz CT molecular complexity index is 1210. The van der Waals surface area contributed by atoms with E-state index >= 15 is 0 Å². The van der Waals surface area contributed by atoms with E-state index in [1.54, 1.807) is 11.4 Å². The van der Waals surface area contributed by atoms with Crippen LogP contribution in [-0.2, 0) is 16.4 Å². The van der Waals surface area contributed by atoms with Crippen LogP contribution in [0.4, 0.5) is 24.0 Å². The highest BCUT2D eigenvalue weighted by Gasteiger charge is 2.30. The quantitative estimate of drug-likeness (QED) is 0.649. The van der Waals surface area contributed by atoms with Crippen molar-refractivity contribution >= 4 is 38.1 Å². The number of aromatic nitrogens is 1. The van der Waals surface area contributed by atoms with Gasteiger partial charge in [0.25, 0.3) is 15.9 Å². The van der Waals surface area contributed by atoms with Crippen molar-refractivity contribution in [3.8, 4) is 0 Å². The smallest absolute Gasteiger partial charge is 0.264 e. The molecule has 3 aromatic rings. The molecule has 4 rings (SSSR count). The summed E-state index contributed by atoms with van der Waals surface area (Å²) in [5, 5.41) is 1.78. The number of benzene rings is 2. The van der Waals surface area contributed by atoms with Crippen LogP contribution in [0.5, 0.6) is 0 Å². The zero-order valence-electron chi connectivity index (χ0n) is 15.2. The number of carbonyl (C=O) groups is 1. The molecule has 0 atom stereocenters. The predicted molar refractivity (Wildman–Crippen MR) is 106 cm³/mol. The Hall–Kier alpha value is -2.92. The molecule has 2 aromatic carbocycles. The molecule has 1 aromatic heterocycles. The maximum absolute atomic E-state index is 14.1. The highest BCUT2D eigenvalue weighted by Crippen LogP contribution is 2.32. The van der Waals surface area contributed by atoms with Gasteiger partial charge in [0.2, 0.25) is 0 Å². The van der Waals surface area contributed by atoms with E-state index in [2.05, 4.69) is 9.71 Å². The second-order valence-electron chi connectivity index (χ2n) is 6.54. The van der Waals surface area contributed by atoms with Crippen molar-refractivity contribution in [2.45, 2.75) is 17.7 Å². The molecule has 0 aliphatic carbocycles. The summed E-state index contributed by atoms with van der Waals surface area (Å²) in [5.41, 5.74) is 0.000496. The first-order valence-corrected chi connectivity index (χ1v) is 11.1. The summed E-state index contributed by atoms with van der Waals surface area (Å²) in [6.07, 6.45) is 2.53. The lowest BCUT2D eigenvalue weighted by molar-refractivity contribution is 0.0976. The molecular weight excluding hydrogens is 439 g/mol. The average Bonchev–Trinajstić information content (AvgIpc) is 3.18. The molecule has 0 bridgehead atoms. The predicted octanol–water partition coefficient (Wildman–Crippen LogP) is 3.95. The summed E-state index contributed by atoms with van der Waals surface area (Å²) in [7, 11) is -3.99. The van der Waals surface area contributed by atoms with E-state index in [1.165, 1.54) is 18.3 Å². The van der Waals surface area contributed by atoms with Crippen LogP contribution in [0.2, 0.25) is 0 Å². The van der Waals surface area contributed by atoms with Crippen molar-refractivity contribution in [2.75, 3.05) is 16.2 Å². The molecule has 0 saturated carbocycles. The maximum Gasteiger partial charge on any atom is 0.264 e. The number of halogens is 3. The van der Waals surface area contributed by atoms with Gasteiger partial charge in [0.15, 0.2) is 5.13 Å². The van der Waals surface area contributed by atoms with Crippen LogP contribution >= 0.6 is 11.3 Å². The first kappa shape index (κ1) is 20.4. The van der Waals surface area contributed by atoms with Crippen LogP contribution in [0, 0.1) is 17.5 Å². The third kappa shape index (κ3) is 3.77. The summed E-state index contributed by atoms with van der Waals surface area (Å²) in [5.74, 6) is -4.78. The van der Waals surface area contributed by atoms with Gasteiger partial charge in [-0.1, -0.05) is 6.07 Å². The molecule has 0 spiro atoms. The van der Waals surface area contributed by atoms with E-state index in [9.17, 15) is 26.4 Å². The number of amides is 1. The standard InChI is InChI=1S/C19H14F3N3O3S2/c20-12-8-14(21)17(15(22)9-12)18(26)25-6-1-2-11-3-4-13(10-16(11)25)30(27,28)24-19-23-5-7-29-19/h3-5,7-10H,1-2,6H2,(H,23,24). The Morgan fingerprint density at radius 2 is 1.87 bits per heavy atom. The number of fused-ring (bicyclic) bond motifs is 1. The number of thiazole rings is 1. The van der Waals surface area contributed by atoms with Crippen molar-refractivity contribution in [2.24, 2.45) is 0 Å². The average molecular weight is 453 g/mol. The van der Waals surface area contributed by atoms with Gasteiger partial charge in [0.05, 0.1) is 4.90 Å². The third-order valence-corrected chi connectivity index (χ3v) is 6.76. The van der Waals surface area contributed by atoms with Crippen LogP contribution in [0.15, 0.2) is 46.8 Å². The summed E-state index contributed by atoms with van der Waals surface area (Å²) < 4.78 is 69.1. The molecular formula is C19H14F3N3O3S2. The summed E-state index contributed by atoms with van der Waals surface area (Å²) in [4.78, 5) is 17.7. The number of rotatable bonds is 4. The minimum atomic E-state index is -3.99. The van der Waals surface area contributed by atoms with E-state index in [-0.39, 0.29) is 22.3 Å². The Morgan fingerprint density at radius 3 is 2.53 bits per heavy atom. The third-order valence-electron chi connectivity index (χ3n) is 4.61. The number of hydrogen-bond donors (Lipinski definition) is 1. The van der Waals surface area contributed by atoms with Crippen molar-refractivity contribution < 1.29 is 26.4 Å². The fourth-order valence-electron chi connectivity index (χ4n) is 3.26. The molecule has 1 aliphatic rings. The van der Waals surface area contributed by atoms with Crippen LogP contribution < -0.4 is 9.62 Å². The van der Waals surface area contributed by atoms with Crippen LogP contribution in [0.3, 0.4) is 0 Å². The summed E-state index contributed by atoms with van der Waals surface area (Å²) in [6.45, 7) is 0.130. The fraction of sp³-hybridized carbons (Fsp3) is 0.158. The Balaban J connectivity index is 1.73. The van der Waals surface area contributed by atoms with Crippen molar-refractivity contribution in [1.82, 2.24) is 4.98 Å². The molecule has 6 nitrogen and oxygen atoms in total.